The number of rotatable bonds is 7. The molecule has 1 aliphatic rings. The highest BCUT2D eigenvalue weighted by atomic mass is 32.2. The molecule has 2 N–H and O–H groups in total. The fraction of sp³-hybridized carbons (Fsp3) is 0.579. The maximum atomic E-state index is 12.9. The third-order valence-corrected chi connectivity index (χ3v) is 6.34. The number of carbonyl (C=O) groups is 2. The van der Waals surface area contributed by atoms with Crippen molar-refractivity contribution in [2.24, 2.45) is 5.92 Å². The van der Waals surface area contributed by atoms with E-state index in [-0.39, 0.29) is 18.0 Å². The van der Waals surface area contributed by atoms with E-state index in [0.717, 1.165) is 12.0 Å². The topological polar surface area (TPSA) is 105 Å². The van der Waals surface area contributed by atoms with Crippen molar-refractivity contribution in [1.29, 1.82) is 0 Å². The molecule has 0 saturated carbocycles. The molecule has 0 aliphatic carbocycles. The summed E-state index contributed by atoms with van der Waals surface area (Å²) < 4.78 is 32.7. The average Bonchev–Trinajstić information content (AvgIpc) is 2.66. The molecular weight excluding hydrogens is 382 g/mol. The first-order valence-electron chi connectivity index (χ1n) is 9.48. The van der Waals surface area contributed by atoms with Crippen LogP contribution in [0.1, 0.15) is 32.3 Å². The highest BCUT2D eigenvalue weighted by Gasteiger charge is 2.34. The van der Waals surface area contributed by atoms with E-state index in [1.165, 1.54) is 4.31 Å². The van der Waals surface area contributed by atoms with Crippen molar-refractivity contribution in [2.75, 3.05) is 26.2 Å². The molecule has 2 amide bonds. The molecular formula is C19H29N3O5S. The summed E-state index contributed by atoms with van der Waals surface area (Å²) >= 11 is 0. The smallest absolute Gasteiger partial charge is 0.309 e. The first kappa shape index (κ1) is 22.3. The number of aryl methyl sites for hydroxylation is 1. The van der Waals surface area contributed by atoms with Gasteiger partial charge in [0.1, 0.15) is 6.23 Å². The van der Waals surface area contributed by atoms with Crippen LogP contribution in [0.5, 0.6) is 0 Å². The van der Waals surface area contributed by atoms with E-state index in [1.54, 1.807) is 24.3 Å². The fourth-order valence-electron chi connectivity index (χ4n) is 2.76. The summed E-state index contributed by atoms with van der Waals surface area (Å²) in [7, 11) is -3.76. The van der Waals surface area contributed by atoms with Gasteiger partial charge in [0.05, 0.1) is 18.0 Å². The molecule has 0 aromatic heterocycles. The van der Waals surface area contributed by atoms with Gasteiger partial charge >= 0.3 is 11.8 Å². The van der Waals surface area contributed by atoms with Crippen molar-refractivity contribution in [2.45, 2.75) is 44.7 Å². The van der Waals surface area contributed by atoms with Gasteiger partial charge in [-0.2, -0.15) is 4.31 Å². The van der Waals surface area contributed by atoms with Gasteiger partial charge in [-0.25, -0.2) is 8.42 Å². The molecule has 1 fully saturated rings. The van der Waals surface area contributed by atoms with Gasteiger partial charge in [-0.15, -0.1) is 0 Å². The van der Waals surface area contributed by atoms with E-state index in [9.17, 15) is 18.0 Å². The Kier molecular flexibility index (Phi) is 7.97. The summed E-state index contributed by atoms with van der Waals surface area (Å²) in [6.07, 6.45) is 0.478. The second-order valence-electron chi connectivity index (χ2n) is 7.26. The molecule has 1 aromatic rings. The molecule has 0 radical (unpaired) electrons. The Balaban J connectivity index is 1.98. The van der Waals surface area contributed by atoms with Gasteiger partial charge in [0.2, 0.25) is 10.0 Å². The number of ether oxygens (including phenoxy) is 1. The Morgan fingerprint density at radius 3 is 2.46 bits per heavy atom. The largest absolute Gasteiger partial charge is 0.360 e. The predicted octanol–water partition coefficient (Wildman–Crippen LogP) is 1.01. The van der Waals surface area contributed by atoms with Crippen molar-refractivity contribution in [3.05, 3.63) is 29.8 Å². The summed E-state index contributed by atoms with van der Waals surface area (Å²) in [6, 6.07) is 6.57. The highest BCUT2D eigenvalue weighted by molar-refractivity contribution is 7.89. The highest BCUT2D eigenvalue weighted by Crippen LogP contribution is 2.22. The molecule has 1 heterocycles. The number of hydrogen-bond donors (Lipinski definition) is 2. The maximum Gasteiger partial charge on any atom is 0.309 e. The minimum atomic E-state index is -3.76. The minimum absolute atomic E-state index is 0.0957. The van der Waals surface area contributed by atoms with Crippen LogP contribution in [-0.4, -0.2) is 57.0 Å². The van der Waals surface area contributed by atoms with Gasteiger partial charge < -0.3 is 15.4 Å². The lowest BCUT2D eigenvalue weighted by molar-refractivity contribution is -0.140. The van der Waals surface area contributed by atoms with Crippen LogP contribution in [0.25, 0.3) is 0 Å². The molecule has 9 heteroatoms. The molecule has 8 nitrogen and oxygen atoms in total. The lowest BCUT2D eigenvalue weighted by Gasteiger charge is -2.34. The molecule has 1 aromatic carbocycles. The van der Waals surface area contributed by atoms with Gasteiger partial charge in [0.15, 0.2) is 0 Å². The van der Waals surface area contributed by atoms with E-state index in [0.29, 0.717) is 25.5 Å². The molecule has 156 valence electrons. The number of benzene rings is 1. The lowest BCUT2D eigenvalue weighted by atomic mass is 10.1. The first-order valence-corrected chi connectivity index (χ1v) is 10.9. The van der Waals surface area contributed by atoms with Crippen LogP contribution in [0.3, 0.4) is 0 Å². The summed E-state index contributed by atoms with van der Waals surface area (Å²) in [4.78, 5) is 24.0. The maximum absolute atomic E-state index is 12.9. The Hall–Kier alpha value is -1.97. The van der Waals surface area contributed by atoms with Gasteiger partial charge in [-0.1, -0.05) is 31.5 Å². The third-order valence-electron chi connectivity index (χ3n) is 4.43. The van der Waals surface area contributed by atoms with Crippen molar-refractivity contribution >= 4 is 21.8 Å². The molecule has 1 saturated heterocycles. The summed E-state index contributed by atoms with van der Waals surface area (Å²) in [5.41, 5.74) is 0.959. The first-order chi connectivity index (χ1) is 13.2. The van der Waals surface area contributed by atoms with Crippen LogP contribution < -0.4 is 10.6 Å². The zero-order chi connectivity index (χ0) is 20.7. The van der Waals surface area contributed by atoms with Crippen LogP contribution in [-0.2, 0) is 24.3 Å². The predicted molar refractivity (Wildman–Crippen MR) is 105 cm³/mol. The molecule has 1 atom stereocenters. The Bertz CT molecular complexity index is 777. The normalized spacial score (nSPS) is 18.1. The van der Waals surface area contributed by atoms with Crippen LogP contribution >= 0.6 is 0 Å². The lowest BCUT2D eigenvalue weighted by Crippen LogP contribution is -2.53. The van der Waals surface area contributed by atoms with Gasteiger partial charge in [0, 0.05) is 13.1 Å². The molecule has 2 rings (SSSR count). The van der Waals surface area contributed by atoms with E-state index in [4.69, 9.17) is 4.74 Å². The monoisotopic (exact) mass is 411 g/mol. The summed E-state index contributed by atoms with van der Waals surface area (Å²) in [5, 5.41) is 5.02. The Morgan fingerprint density at radius 2 is 1.82 bits per heavy atom. The summed E-state index contributed by atoms with van der Waals surface area (Å²) in [5.74, 6) is -1.12. The second kappa shape index (κ2) is 9.99. The molecule has 28 heavy (non-hydrogen) atoms. The van der Waals surface area contributed by atoms with E-state index < -0.39 is 28.1 Å². The van der Waals surface area contributed by atoms with E-state index in [2.05, 4.69) is 10.6 Å². The SMILES string of the molecule is Cc1ccc(S(=O)(=O)N2CCCO[C@@H]2CNC(=O)C(=O)NCCC(C)C)cc1. The number of carbonyl (C=O) groups excluding carboxylic acids is 2. The Morgan fingerprint density at radius 1 is 1.18 bits per heavy atom. The zero-order valence-electron chi connectivity index (χ0n) is 16.6. The quantitative estimate of drug-likeness (QED) is 0.652. The third kappa shape index (κ3) is 6.02. The van der Waals surface area contributed by atoms with Crippen molar-refractivity contribution in [3.8, 4) is 0 Å². The van der Waals surface area contributed by atoms with Crippen molar-refractivity contribution in [3.63, 3.8) is 0 Å². The minimum Gasteiger partial charge on any atom is -0.360 e. The van der Waals surface area contributed by atoms with Crippen molar-refractivity contribution < 1.29 is 22.7 Å². The number of sulfonamides is 1. The van der Waals surface area contributed by atoms with E-state index in [1.807, 2.05) is 20.8 Å². The van der Waals surface area contributed by atoms with Crippen LogP contribution in [0, 0.1) is 12.8 Å². The second-order valence-corrected chi connectivity index (χ2v) is 9.15. The van der Waals surface area contributed by atoms with Gasteiger partial charge in [0.25, 0.3) is 0 Å². The fourth-order valence-corrected chi connectivity index (χ4v) is 4.33. The molecule has 1 aliphatic heterocycles. The van der Waals surface area contributed by atoms with Crippen LogP contribution in [0.4, 0.5) is 0 Å². The number of hydrogen-bond acceptors (Lipinski definition) is 5. The van der Waals surface area contributed by atoms with Crippen molar-refractivity contribution in [1.82, 2.24) is 14.9 Å². The number of amides is 2. The van der Waals surface area contributed by atoms with Crippen LogP contribution in [0.2, 0.25) is 0 Å². The van der Waals surface area contributed by atoms with E-state index >= 15 is 0 Å². The number of nitrogens with one attached hydrogen (secondary N) is 2. The molecule has 0 unspecified atom stereocenters. The number of nitrogens with zero attached hydrogens (tertiary/aromatic N) is 1. The van der Waals surface area contributed by atoms with Gasteiger partial charge in [-0.05, 0) is 37.8 Å². The van der Waals surface area contributed by atoms with Gasteiger partial charge in [-0.3, -0.25) is 9.59 Å². The standard InChI is InChI=1S/C19H29N3O5S/c1-14(2)9-10-20-18(23)19(24)21-13-17-22(11-4-12-27-17)28(25,26)16-7-5-15(3)6-8-16/h5-8,14,17H,4,9-13H2,1-3H3,(H,20,23)(H,21,24)/t17-/m1/s1. The summed E-state index contributed by atoms with van der Waals surface area (Å²) in [6.45, 7) is 6.92. The molecule has 0 spiro atoms. The Labute approximate surface area is 166 Å². The average molecular weight is 412 g/mol. The van der Waals surface area contributed by atoms with Crippen LogP contribution in [0.15, 0.2) is 29.2 Å². The molecule has 0 bridgehead atoms. The zero-order valence-corrected chi connectivity index (χ0v) is 17.4.